The quantitative estimate of drug-likeness (QED) is 0.539. The van der Waals surface area contributed by atoms with Gasteiger partial charge in [0, 0.05) is 17.8 Å². The van der Waals surface area contributed by atoms with Gasteiger partial charge in [-0.05, 0) is 54.8 Å². The van der Waals surface area contributed by atoms with Gasteiger partial charge >= 0.3 is 0 Å². The van der Waals surface area contributed by atoms with E-state index in [1.807, 2.05) is 53.2 Å². The standard InChI is InChI=1S/C22H20FN5/c23-17-4-1-3-16(13-17)19-5-2-12-27(19)22-11-10-21-25-14-20(28(21)26-22)15-6-8-18(24)9-7-15/h1,3-4,6-11,13-14,19H,2,5,12,24H2. The van der Waals surface area contributed by atoms with Gasteiger partial charge in [0.25, 0.3) is 0 Å². The molecule has 0 saturated carbocycles. The number of rotatable bonds is 3. The largest absolute Gasteiger partial charge is 0.399 e. The lowest BCUT2D eigenvalue weighted by molar-refractivity contribution is 0.617. The summed E-state index contributed by atoms with van der Waals surface area (Å²) < 4.78 is 15.6. The van der Waals surface area contributed by atoms with Crippen LogP contribution in [0.3, 0.4) is 0 Å². The first kappa shape index (κ1) is 16.7. The lowest BCUT2D eigenvalue weighted by atomic mass is 10.0. The van der Waals surface area contributed by atoms with Crippen molar-refractivity contribution in [2.24, 2.45) is 0 Å². The van der Waals surface area contributed by atoms with E-state index in [-0.39, 0.29) is 11.9 Å². The number of benzene rings is 2. The van der Waals surface area contributed by atoms with Crippen LogP contribution in [0.2, 0.25) is 0 Å². The topological polar surface area (TPSA) is 59.5 Å². The minimum absolute atomic E-state index is 0.129. The summed E-state index contributed by atoms with van der Waals surface area (Å²) in [5, 5.41) is 4.87. The smallest absolute Gasteiger partial charge is 0.154 e. The first-order valence-corrected chi connectivity index (χ1v) is 9.42. The molecule has 0 bridgehead atoms. The molecule has 4 aromatic rings. The molecule has 5 rings (SSSR count). The zero-order chi connectivity index (χ0) is 19.1. The predicted octanol–water partition coefficient (Wildman–Crippen LogP) is 4.46. The molecule has 1 unspecified atom stereocenters. The number of fused-ring (bicyclic) bond motifs is 1. The highest BCUT2D eigenvalue weighted by Gasteiger charge is 2.28. The first-order chi connectivity index (χ1) is 13.7. The van der Waals surface area contributed by atoms with Crippen LogP contribution in [0.1, 0.15) is 24.4 Å². The third kappa shape index (κ3) is 2.87. The van der Waals surface area contributed by atoms with Gasteiger partial charge in [-0.25, -0.2) is 13.9 Å². The van der Waals surface area contributed by atoms with Crippen molar-refractivity contribution >= 4 is 17.2 Å². The van der Waals surface area contributed by atoms with E-state index >= 15 is 0 Å². The number of imidazole rings is 1. The Bertz CT molecular complexity index is 1140. The van der Waals surface area contributed by atoms with Crippen LogP contribution in [0, 0.1) is 5.82 Å². The van der Waals surface area contributed by atoms with E-state index in [1.54, 1.807) is 12.1 Å². The molecule has 1 aliphatic heterocycles. The molecule has 0 aliphatic carbocycles. The molecular formula is C22H20FN5. The SMILES string of the molecule is Nc1ccc(-c2cnc3ccc(N4CCCC4c4cccc(F)c4)nn23)cc1. The van der Waals surface area contributed by atoms with Gasteiger partial charge in [0.1, 0.15) is 11.6 Å². The molecule has 0 spiro atoms. The molecule has 2 aromatic carbocycles. The number of nitrogen functional groups attached to an aromatic ring is 1. The molecule has 2 N–H and O–H groups in total. The van der Waals surface area contributed by atoms with Crippen molar-refractivity contribution < 1.29 is 4.39 Å². The number of aromatic nitrogens is 3. The van der Waals surface area contributed by atoms with Crippen LogP contribution in [-0.4, -0.2) is 21.1 Å². The Morgan fingerprint density at radius 2 is 1.89 bits per heavy atom. The van der Waals surface area contributed by atoms with Gasteiger partial charge in [0.15, 0.2) is 5.65 Å². The molecule has 1 fully saturated rings. The van der Waals surface area contributed by atoms with E-state index in [1.165, 1.54) is 6.07 Å². The molecule has 2 aromatic heterocycles. The Morgan fingerprint density at radius 1 is 1.04 bits per heavy atom. The van der Waals surface area contributed by atoms with Gasteiger partial charge in [-0.2, -0.15) is 0 Å². The van der Waals surface area contributed by atoms with E-state index in [4.69, 9.17) is 10.8 Å². The number of nitrogens with zero attached hydrogens (tertiary/aromatic N) is 4. The number of nitrogens with two attached hydrogens (primary N) is 1. The van der Waals surface area contributed by atoms with E-state index in [9.17, 15) is 4.39 Å². The Labute approximate surface area is 162 Å². The normalized spacial score (nSPS) is 16.8. The Balaban J connectivity index is 1.55. The third-order valence-electron chi connectivity index (χ3n) is 5.34. The summed E-state index contributed by atoms with van der Waals surface area (Å²) in [6, 6.07) is 18.7. The van der Waals surface area contributed by atoms with Crippen LogP contribution >= 0.6 is 0 Å². The van der Waals surface area contributed by atoms with E-state index in [2.05, 4.69) is 9.88 Å². The average Bonchev–Trinajstić information content (AvgIpc) is 3.35. The van der Waals surface area contributed by atoms with Gasteiger partial charge in [-0.3, -0.25) is 0 Å². The van der Waals surface area contributed by atoms with Crippen LogP contribution < -0.4 is 10.6 Å². The summed E-state index contributed by atoms with van der Waals surface area (Å²) in [4.78, 5) is 6.73. The van der Waals surface area contributed by atoms with Gasteiger partial charge in [0.05, 0.1) is 17.9 Å². The molecule has 5 nitrogen and oxygen atoms in total. The second-order valence-electron chi connectivity index (χ2n) is 7.13. The van der Waals surface area contributed by atoms with Crippen LogP contribution in [0.15, 0.2) is 66.9 Å². The second kappa shape index (κ2) is 6.64. The Hall–Kier alpha value is -3.41. The second-order valence-corrected chi connectivity index (χ2v) is 7.13. The highest BCUT2D eigenvalue weighted by Crippen LogP contribution is 2.35. The fourth-order valence-corrected chi connectivity index (χ4v) is 3.97. The first-order valence-electron chi connectivity index (χ1n) is 9.42. The highest BCUT2D eigenvalue weighted by molar-refractivity contribution is 5.65. The molecule has 140 valence electrons. The maximum atomic E-state index is 13.7. The number of halogens is 1. The highest BCUT2D eigenvalue weighted by atomic mass is 19.1. The molecule has 0 amide bonds. The average molecular weight is 373 g/mol. The summed E-state index contributed by atoms with van der Waals surface area (Å²) in [6.07, 6.45) is 3.86. The summed E-state index contributed by atoms with van der Waals surface area (Å²) in [7, 11) is 0. The Morgan fingerprint density at radius 3 is 2.71 bits per heavy atom. The van der Waals surface area contributed by atoms with Crippen molar-refractivity contribution in [3.63, 3.8) is 0 Å². The molecule has 0 radical (unpaired) electrons. The number of anilines is 2. The van der Waals surface area contributed by atoms with Crippen LogP contribution in [-0.2, 0) is 0 Å². The summed E-state index contributed by atoms with van der Waals surface area (Å²) in [6.45, 7) is 0.894. The molecule has 3 heterocycles. The lowest BCUT2D eigenvalue weighted by Crippen LogP contribution is -2.24. The lowest BCUT2D eigenvalue weighted by Gasteiger charge is -2.26. The predicted molar refractivity (Wildman–Crippen MR) is 109 cm³/mol. The molecular weight excluding hydrogens is 353 g/mol. The summed E-state index contributed by atoms with van der Waals surface area (Å²) in [5.41, 5.74) is 10.2. The molecule has 1 saturated heterocycles. The van der Waals surface area contributed by atoms with E-state index in [0.29, 0.717) is 0 Å². The van der Waals surface area contributed by atoms with Crippen LogP contribution in [0.4, 0.5) is 15.9 Å². The van der Waals surface area contributed by atoms with Crippen molar-refractivity contribution in [3.05, 3.63) is 78.2 Å². The monoisotopic (exact) mass is 373 g/mol. The van der Waals surface area contributed by atoms with Crippen molar-refractivity contribution in [2.75, 3.05) is 17.2 Å². The van der Waals surface area contributed by atoms with Crippen LogP contribution in [0.5, 0.6) is 0 Å². The molecule has 28 heavy (non-hydrogen) atoms. The minimum atomic E-state index is -0.201. The molecule has 6 heteroatoms. The van der Waals surface area contributed by atoms with Crippen molar-refractivity contribution in [1.29, 1.82) is 0 Å². The summed E-state index contributed by atoms with van der Waals surface area (Å²) >= 11 is 0. The van der Waals surface area contributed by atoms with Crippen molar-refractivity contribution in [2.45, 2.75) is 18.9 Å². The van der Waals surface area contributed by atoms with Gasteiger partial charge in [-0.1, -0.05) is 24.3 Å². The summed E-state index contributed by atoms with van der Waals surface area (Å²) in [5.74, 6) is 0.668. The number of hydrogen-bond donors (Lipinski definition) is 1. The fourth-order valence-electron chi connectivity index (χ4n) is 3.97. The van der Waals surface area contributed by atoms with Crippen LogP contribution in [0.25, 0.3) is 16.9 Å². The van der Waals surface area contributed by atoms with Crippen molar-refractivity contribution in [3.8, 4) is 11.3 Å². The van der Waals surface area contributed by atoms with Crippen molar-refractivity contribution in [1.82, 2.24) is 14.6 Å². The maximum Gasteiger partial charge on any atom is 0.154 e. The zero-order valence-electron chi connectivity index (χ0n) is 15.3. The molecule has 1 atom stereocenters. The minimum Gasteiger partial charge on any atom is -0.399 e. The van der Waals surface area contributed by atoms with E-state index < -0.39 is 0 Å². The zero-order valence-corrected chi connectivity index (χ0v) is 15.3. The number of hydrogen-bond acceptors (Lipinski definition) is 4. The third-order valence-corrected chi connectivity index (χ3v) is 5.34. The van der Waals surface area contributed by atoms with Gasteiger partial charge in [-0.15, -0.1) is 5.10 Å². The molecule has 1 aliphatic rings. The van der Waals surface area contributed by atoms with E-state index in [0.717, 1.165) is 53.4 Å². The van der Waals surface area contributed by atoms with Gasteiger partial charge in [0.2, 0.25) is 0 Å². The fraction of sp³-hybridized carbons (Fsp3) is 0.182. The van der Waals surface area contributed by atoms with Gasteiger partial charge < -0.3 is 10.6 Å². The Kier molecular flexibility index (Phi) is 3.97. The maximum absolute atomic E-state index is 13.7.